The number of amides is 3. The maximum absolute atomic E-state index is 13.3. The third kappa shape index (κ3) is 4.09. The van der Waals surface area contributed by atoms with Crippen molar-refractivity contribution in [2.45, 2.75) is 0 Å². The van der Waals surface area contributed by atoms with Crippen LogP contribution in [0.15, 0.2) is 77.3 Å². The Morgan fingerprint density at radius 3 is 2.19 bits per heavy atom. The molecular weight excluding hydrogens is 460 g/mol. The van der Waals surface area contributed by atoms with Crippen LogP contribution >= 0.6 is 15.9 Å². The number of carbonyl (C=O) groups is 3. The first-order valence-electron chi connectivity index (χ1n) is 9.66. The predicted molar refractivity (Wildman–Crippen MR) is 121 cm³/mol. The number of methoxy groups -OCH3 is 1. The number of carbonyl (C=O) groups excluding carboxylic acids is 3. The second kappa shape index (κ2) is 8.73. The van der Waals surface area contributed by atoms with Crippen LogP contribution in [0.1, 0.15) is 31.1 Å². The molecule has 0 atom stereocenters. The van der Waals surface area contributed by atoms with E-state index < -0.39 is 0 Å². The van der Waals surface area contributed by atoms with E-state index in [1.54, 1.807) is 84.8 Å². The van der Waals surface area contributed by atoms with Gasteiger partial charge in [-0.2, -0.15) is 0 Å². The van der Waals surface area contributed by atoms with Crippen LogP contribution in [0.25, 0.3) is 0 Å². The number of ether oxygens (including phenoxy) is 1. The van der Waals surface area contributed by atoms with Crippen molar-refractivity contribution in [3.05, 3.63) is 94.0 Å². The number of hydrogen-bond donors (Lipinski definition) is 0. The van der Waals surface area contributed by atoms with Gasteiger partial charge in [-0.15, -0.1) is 0 Å². The number of rotatable bonds is 6. The fourth-order valence-electron chi connectivity index (χ4n) is 3.52. The molecule has 0 saturated carbocycles. The number of imide groups is 1. The molecule has 0 saturated heterocycles. The van der Waals surface area contributed by atoms with E-state index in [9.17, 15) is 14.4 Å². The van der Waals surface area contributed by atoms with E-state index in [0.717, 1.165) is 4.47 Å². The lowest BCUT2D eigenvalue weighted by molar-refractivity contribution is 0.0654. The van der Waals surface area contributed by atoms with E-state index in [0.29, 0.717) is 28.1 Å². The Kier molecular flexibility index (Phi) is 5.86. The molecule has 4 rings (SSSR count). The summed E-state index contributed by atoms with van der Waals surface area (Å²) in [6.45, 7) is 0.222. The van der Waals surface area contributed by atoms with Crippen LogP contribution in [0.4, 0.5) is 5.69 Å². The first-order valence-corrected chi connectivity index (χ1v) is 10.5. The van der Waals surface area contributed by atoms with Gasteiger partial charge in [-0.05, 0) is 48.5 Å². The highest BCUT2D eigenvalue weighted by atomic mass is 79.9. The quantitative estimate of drug-likeness (QED) is 0.492. The Morgan fingerprint density at radius 2 is 1.58 bits per heavy atom. The van der Waals surface area contributed by atoms with Crippen molar-refractivity contribution < 1.29 is 19.1 Å². The fraction of sp³-hybridized carbons (Fsp3) is 0.125. The third-order valence-corrected chi connectivity index (χ3v) is 5.66. The number of anilines is 1. The van der Waals surface area contributed by atoms with Gasteiger partial charge >= 0.3 is 0 Å². The summed E-state index contributed by atoms with van der Waals surface area (Å²) in [4.78, 5) is 41.5. The van der Waals surface area contributed by atoms with E-state index in [2.05, 4.69) is 15.9 Å². The minimum atomic E-state index is -0.345. The highest BCUT2D eigenvalue weighted by molar-refractivity contribution is 9.10. The summed E-state index contributed by atoms with van der Waals surface area (Å²) in [6.07, 6.45) is 0. The van der Waals surface area contributed by atoms with Crippen molar-refractivity contribution in [2.24, 2.45) is 0 Å². The van der Waals surface area contributed by atoms with Gasteiger partial charge < -0.3 is 9.64 Å². The van der Waals surface area contributed by atoms with Crippen LogP contribution in [-0.2, 0) is 0 Å². The Bertz CT molecular complexity index is 1130. The van der Waals surface area contributed by atoms with Crippen LogP contribution in [0.2, 0.25) is 0 Å². The molecule has 3 amide bonds. The lowest BCUT2D eigenvalue weighted by Crippen LogP contribution is -2.41. The summed E-state index contributed by atoms with van der Waals surface area (Å²) in [7, 11) is 1.55. The summed E-state index contributed by atoms with van der Waals surface area (Å²) < 4.78 is 6.16. The van der Waals surface area contributed by atoms with Crippen LogP contribution < -0.4 is 9.64 Å². The molecule has 0 unspecified atom stereocenters. The molecule has 0 bridgehead atoms. The second-order valence-corrected chi connectivity index (χ2v) is 7.89. The number of halogens is 1. The maximum Gasteiger partial charge on any atom is 0.261 e. The number of nitrogens with zero attached hydrogens (tertiary/aromatic N) is 2. The average Bonchev–Trinajstić information content (AvgIpc) is 3.04. The third-order valence-electron chi connectivity index (χ3n) is 5.13. The SMILES string of the molecule is COc1cccc(N(CCN2C(=O)c3ccccc3C2=O)C(=O)c2ccc(Br)cc2)c1. The lowest BCUT2D eigenvalue weighted by atomic mass is 10.1. The molecule has 1 heterocycles. The number of benzene rings is 3. The highest BCUT2D eigenvalue weighted by Gasteiger charge is 2.35. The Morgan fingerprint density at radius 1 is 0.935 bits per heavy atom. The number of hydrogen-bond acceptors (Lipinski definition) is 4. The molecule has 0 radical (unpaired) electrons. The van der Waals surface area contributed by atoms with E-state index in [1.165, 1.54) is 4.90 Å². The standard InChI is InChI=1S/C24H19BrN2O4/c1-31-19-6-4-5-18(15-19)26(22(28)16-9-11-17(25)12-10-16)13-14-27-23(29)20-7-2-3-8-21(20)24(27)30/h2-12,15H,13-14H2,1H3. The van der Waals surface area contributed by atoms with Crippen molar-refractivity contribution in [1.29, 1.82) is 0 Å². The smallest absolute Gasteiger partial charge is 0.261 e. The first kappa shape index (κ1) is 20.8. The number of fused-ring (bicyclic) bond motifs is 1. The van der Waals surface area contributed by atoms with Gasteiger partial charge in [0.05, 0.1) is 18.2 Å². The van der Waals surface area contributed by atoms with E-state index in [4.69, 9.17) is 4.74 Å². The molecule has 7 heteroatoms. The van der Waals surface area contributed by atoms with Gasteiger partial charge in [-0.1, -0.05) is 34.1 Å². The van der Waals surface area contributed by atoms with Gasteiger partial charge in [0.2, 0.25) is 0 Å². The zero-order valence-corrected chi connectivity index (χ0v) is 18.3. The van der Waals surface area contributed by atoms with Crippen molar-refractivity contribution in [2.75, 3.05) is 25.1 Å². The molecule has 3 aromatic carbocycles. The van der Waals surface area contributed by atoms with Crippen molar-refractivity contribution in [1.82, 2.24) is 4.90 Å². The lowest BCUT2D eigenvalue weighted by Gasteiger charge is -2.25. The van der Waals surface area contributed by atoms with Crippen LogP contribution in [0.5, 0.6) is 5.75 Å². The normalized spacial score (nSPS) is 12.6. The van der Waals surface area contributed by atoms with Gasteiger partial charge in [0.1, 0.15) is 5.75 Å². The molecular formula is C24H19BrN2O4. The van der Waals surface area contributed by atoms with E-state index in [-0.39, 0.29) is 30.8 Å². The fourth-order valence-corrected chi connectivity index (χ4v) is 3.78. The van der Waals surface area contributed by atoms with Gasteiger partial charge in [0.25, 0.3) is 17.7 Å². The predicted octanol–water partition coefficient (Wildman–Crippen LogP) is 4.40. The van der Waals surface area contributed by atoms with Crippen molar-refractivity contribution in [3.63, 3.8) is 0 Å². The van der Waals surface area contributed by atoms with E-state index >= 15 is 0 Å². The van der Waals surface area contributed by atoms with Crippen LogP contribution in [0, 0.1) is 0 Å². The van der Waals surface area contributed by atoms with Gasteiger partial charge in [0, 0.05) is 34.9 Å². The topological polar surface area (TPSA) is 66.9 Å². The van der Waals surface area contributed by atoms with Crippen LogP contribution in [0.3, 0.4) is 0 Å². The molecule has 0 spiro atoms. The summed E-state index contributed by atoms with van der Waals surface area (Å²) in [6, 6.07) is 20.9. The van der Waals surface area contributed by atoms with Crippen molar-refractivity contribution in [3.8, 4) is 5.75 Å². The highest BCUT2D eigenvalue weighted by Crippen LogP contribution is 2.25. The largest absolute Gasteiger partial charge is 0.497 e. The van der Waals surface area contributed by atoms with Gasteiger partial charge in [-0.25, -0.2) is 0 Å². The molecule has 156 valence electrons. The minimum absolute atomic E-state index is 0.0752. The van der Waals surface area contributed by atoms with Gasteiger partial charge in [0.15, 0.2) is 0 Å². The van der Waals surface area contributed by atoms with Crippen LogP contribution in [-0.4, -0.2) is 42.8 Å². The molecule has 3 aromatic rings. The molecule has 1 aliphatic heterocycles. The Hall–Kier alpha value is -3.45. The monoisotopic (exact) mass is 478 g/mol. The molecule has 31 heavy (non-hydrogen) atoms. The second-order valence-electron chi connectivity index (χ2n) is 6.97. The minimum Gasteiger partial charge on any atom is -0.497 e. The molecule has 6 nitrogen and oxygen atoms in total. The summed E-state index contributed by atoms with van der Waals surface area (Å²) in [5.41, 5.74) is 1.89. The molecule has 0 N–H and O–H groups in total. The molecule has 0 aliphatic carbocycles. The van der Waals surface area contributed by atoms with Gasteiger partial charge in [-0.3, -0.25) is 19.3 Å². The zero-order valence-electron chi connectivity index (χ0n) is 16.7. The molecule has 0 fully saturated rings. The zero-order chi connectivity index (χ0) is 22.0. The summed E-state index contributed by atoms with van der Waals surface area (Å²) >= 11 is 3.38. The summed E-state index contributed by atoms with van der Waals surface area (Å²) in [5.74, 6) is -0.325. The summed E-state index contributed by atoms with van der Waals surface area (Å²) in [5, 5.41) is 0. The maximum atomic E-state index is 13.3. The first-order chi connectivity index (χ1) is 15.0. The Labute approximate surface area is 188 Å². The Balaban J connectivity index is 1.62. The van der Waals surface area contributed by atoms with Crippen molar-refractivity contribution >= 4 is 39.3 Å². The molecule has 1 aliphatic rings. The van der Waals surface area contributed by atoms with E-state index in [1.807, 2.05) is 0 Å². The average molecular weight is 479 g/mol. The molecule has 0 aromatic heterocycles.